The summed E-state index contributed by atoms with van der Waals surface area (Å²) in [6.45, 7) is 11.2. The number of ether oxygens (including phenoxy) is 1. The average molecular weight is 436 g/mol. The van der Waals surface area contributed by atoms with Gasteiger partial charge in [-0.2, -0.15) is 0 Å². The Bertz CT molecular complexity index is 825. The van der Waals surface area contributed by atoms with Crippen molar-refractivity contribution in [3.05, 3.63) is 58.6 Å². The van der Waals surface area contributed by atoms with E-state index in [2.05, 4.69) is 55.6 Å². The molecule has 0 amide bonds. The van der Waals surface area contributed by atoms with E-state index in [0.717, 1.165) is 21.5 Å². The lowest BCUT2D eigenvalue weighted by Gasteiger charge is -2.62. The Morgan fingerprint density at radius 3 is 2.27 bits per heavy atom. The molecule has 2 aromatic carbocycles. The fourth-order valence-corrected chi connectivity index (χ4v) is 8.56. The molecule has 1 fully saturated rings. The van der Waals surface area contributed by atoms with Crippen LogP contribution in [0.15, 0.2) is 53.0 Å². The van der Waals surface area contributed by atoms with Gasteiger partial charge in [0.15, 0.2) is 7.29 Å². The molecule has 140 valence electrons. The van der Waals surface area contributed by atoms with Crippen molar-refractivity contribution in [2.75, 3.05) is 0 Å². The topological polar surface area (TPSA) is 38.3 Å². The molecule has 1 heterocycles. The molecule has 0 radical (unpaired) electrons. The van der Waals surface area contributed by atoms with Crippen molar-refractivity contribution in [3.63, 3.8) is 0 Å². The molecule has 0 spiro atoms. The number of nitrogens with one attached hydrogen (secondary N) is 1. The maximum absolute atomic E-state index is 13.6. The lowest BCUT2D eigenvalue weighted by Crippen LogP contribution is -2.60. The highest BCUT2D eigenvalue weighted by atomic mass is 79.9. The van der Waals surface area contributed by atoms with Gasteiger partial charge in [0.05, 0.1) is 0 Å². The van der Waals surface area contributed by atoms with Crippen molar-refractivity contribution in [2.24, 2.45) is 5.92 Å². The summed E-state index contributed by atoms with van der Waals surface area (Å²) < 4.78 is 20.6. The number of hydrogen-bond acceptors (Lipinski definition) is 2. The highest BCUT2D eigenvalue weighted by Crippen LogP contribution is 2.79. The van der Waals surface area contributed by atoms with Gasteiger partial charge in [-0.1, -0.05) is 62.7 Å². The zero-order valence-corrected chi connectivity index (χ0v) is 18.5. The van der Waals surface area contributed by atoms with Gasteiger partial charge in [-0.3, -0.25) is 5.09 Å². The highest BCUT2D eigenvalue weighted by Gasteiger charge is 2.67. The Labute approximate surface area is 165 Å². The van der Waals surface area contributed by atoms with Gasteiger partial charge in [0, 0.05) is 21.3 Å². The van der Waals surface area contributed by atoms with Crippen molar-refractivity contribution in [3.8, 4) is 11.5 Å². The maximum atomic E-state index is 13.6. The van der Waals surface area contributed by atoms with Gasteiger partial charge in [-0.25, -0.2) is 0 Å². The van der Waals surface area contributed by atoms with Crippen molar-refractivity contribution < 1.29 is 9.30 Å². The first kappa shape index (κ1) is 19.7. The number of rotatable bonds is 5. The third kappa shape index (κ3) is 3.17. The van der Waals surface area contributed by atoms with Crippen LogP contribution < -0.4 is 9.82 Å². The summed E-state index contributed by atoms with van der Waals surface area (Å²) in [6.07, 6.45) is 0. The van der Waals surface area contributed by atoms with Crippen molar-refractivity contribution in [2.45, 2.75) is 51.5 Å². The van der Waals surface area contributed by atoms with Crippen molar-refractivity contribution >= 4 is 23.2 Å². The Hall–Kier alpha value is -1.09. The largest absolute Gasteiger partial charge is 0.457 e. The van der Waals surface area contributed by atoms with Crippen LogP contribution in [0, 0.1) is 5.92 Å². The summed E-state index contributed by atoms with van der Waals surface area (Å²) in [5, 5.41) is 3.06. The highest BCUT2D eigenvalue weighted by molar-refractivity contribution is 9.10. The minimum absolute atomic E-state index is 0.179. The normalized spacial score (nSPS) is 26.2. The number of halogens is 1. The zero-order valence-electron chi connectivity index (χ0n) is 16.0. The van der Waals surface area contributed by atoms with E-state index in [4.69, 9.17) is 4.74 Å². The quantitative estimate of drug-likeness (QED) is 0.523. The van der Waals surface area contributed by atoms with E-state index >= 15 is 0 Å². The van der Waals surface area contributed by atoms with E-state index < -0.39 is 7.29 Å². The fraction of sp³-hybridized carbons (Fsp3) is 0.429. The van der Waals surface area contributed by atoms with Gasteiger partial charge in [0.2, 0.25) is 0 Å². The maximum Gasteiger partial charge on any atom is 0.159 e. The monoisotopic (exact) mass is 435 g/mol. The van der Waals surface area contributed by atoms with Gasteiger partial charge < -0.3 is 9.30 Å². The lowest BCUT2D eigenvalue weighted by atomic mass is 9.83. The van der Waals surface area contributed by atoms with Crippen LogP contribution in [-0.2, 0) is 11.1 Å². The molecule has 3 nitrogen and oxygen atoms in total. The summed E-state index contributed by atoms with van der Waals surface area (Å²) in [5.74, 6) is 1.99. The molecule has 2 aromatic rings. The van der Waals surface area contributed by atoms with Crippen LogP contribution in [0.4, 0.5) is 0 Å². The average Bonchev–Trinajstić information content (AvgIpc) is 2.60. The van der Waals surface area contributed by atoms with Crippen LogP contribution in [0.5, 0.6) is 11.5 Å². The van der Waals surface area contributed by atoms with Gasteiger partial charge in [0.25, 0.3) is 0 Å². The molecule has 1 saturated heterocycles. The Balaban J connectivity index is 1.72. The summed E-state index contributed by atoms with van der Waals surface area (Å²) in [4.78, 5) is 0. The fourth-order valence-electron chi connectivity index (χ4n) is 4.05. The molecule has 0 bridgehead atoms. The number of benzene rings is 2. The van der Waals surface area contributed by atoms with Gasteiger partial charge in [-0.05, 0) is 47.9 Å². The summed E-state index contributed by atoms with van der Waals surface area (Å²) in [5.41, 5.74) is 1.07. The molecule has 0 aliphatic carbocycles. The molecule has 0 aromatic heterocycles. The standard InChI is InChI=1S/C21H27BrNO2P/c1-15-20(2,3)26(24,21(15,4)5)23-14-16-7-6-8-19(13-16)25-18-11-9-17(22)10-12-18/h6-13,15H,14H2,1-5H3,(H,23,24). The lowest BCUT2D eigenvalue weighted by molar-refractivity contribution is 0.262. The third-order valence-corrected chi connectivity index (χ3v) is 11.3. The minimum atomic E-state index is -2.50. The predicted octanol–water partition coefficient (Wildman–Crippen LogP) is 6.82. The second kappa shape index (κ2) is 6.82. The van der Waals surface area contributed by atoms with E-state index in [1.807, 2.05) is 48.5 Å². The smallest absolute Gasteiger partial charge is 0.159 e. The Kier molecular flexibility index (Phi) is 5.16. The first-order valence-electron chi connectivity index (χ1n) is 8.96. The third-order valence-electron chi connectivity index (χ3n) is 6.20. The second-order valence-electron chi connectivity index (χ2n) is 8.18. The molecule has 0 saturated carbocycles. The van der Waals surface area contributed by atoms with E-state index in [-0.39, 0.29) is 10.3 Å². The predicted molar refractivity (Wildman–Crippen MR) is 112 cm³/mol. The molecular weight excluding hydrogens is 409 g/mol. The molecule has 1 aliphatic heterocycles. The Morgan fingerprint density at radius 1 is 1.04 bits per heavy atom. The number of hydrogen-bond donors (Lipinski definition) is 1. The van der Waals surface area contributed by atoms with E-state index in [1.165, 1.54) is 0 Å². The zero-order chi connectivity index (χ0) is 19.2. The van der Waals surface area contributed by atoms with Gasteiger partial charge >= 0.3 is 0 Å². The van der Waals surface area contributed by atoms with Crippen LogP contribution in [0.2, 0.25) is 0 Å². The van der Waals surface area contributed by atoms with Crippen molar-refractivity contribution in [1.29, 1.82) is 0 Å². The van der Waals surface area contributed by atoms with Crippen LogP contribution in [-0.4, -0.2) is 10.3 Å². The summed E-state index contributed by atoms with van der Waals surface area (Å²) in [7, 11) is -2.50. The first-order chi connectivity index (χ1) is 12.1. The molecule has 1 aliphatic rings. The second-order valence-corrected chi connectivity index (χ2v) is 12.9. The van der Waals surface area contributed by atoms with Crippen molar-refractivity contribution in [1.82, 2.24) is 5.09 Å². The van der Waals surface area contributed by atoms with Gasteiger partial charge in [0.1, 0.15) is 11.5 Å². The van der Waals surface area contributed by atoms with Crippen LogP contribution in [0.3, 0.4) is 0 Å². The van der Waals surface area contributed by atoms with E-state index in [1.54, 1.807) is 0 Å². The molecule has 5 heteroatoms. The SMILES string of the molecule is CC1C(C)(C)P(=O)(NCc2cccc(Oc3ccc(Br)cc3)c2)C1(C)C. The molecule has 3 rings (SSSR count). The molecule has 26 heavy (non-hydrogen) atoms. The molecule has 1 N–H and O–H groups in total. The first-order valence-corrected chi connectivity index (χ1v) is 11.5. The molecule has 0 unspecified atom stereocenters. The molecule has 0 atom stereocenters. The summed E-state index contributed by atoms with van der Waals surface area (Å²) >= 11 is 3.43. The van der Waals surface area contributed by atoms with Crippen LogP contribution in [0.25, 0.3) is 0 Å². The van der Waals surface area contributed by atoms with Crippen LogP contribution in [0.1, 0.15) is 40.2 Å². The van der Waals surface area contributed by atoms with E-state index in [9.17, 15) is 4.57 Å². The van der Waals surface area contributed by atoms with Crippen LogP contribution >= 0.6 is 23.2 Å². The molecular formula is C21H27BrNO2P. The van der Waals surface area contributed by atoms with Gasteiger partial charge in [-0.15, -0.1) is 0 Å². The Morgan fingerprint density at radius 2 is 1.65 bits per heavy atom. The summed E-state index contributed by atoms with van der Waals surface area (Å²) in [6, 6.07) is 15.7. The minimum Gasteiger partial charge on any atom is -0.457 e. The van der Waals surface area contributed by atoms with E-state index in [0.29, 0.717) is 12.5 Å².